The summed E-state index contributed by atoms with van der Waals surface area (Å²) < 4.78 is 15.7. The van der Waals surface area contributed by atoms with Crippen molar-refractivity contribution in [2.45, 2.75) is 26.4 Å². The van der Waals surface area contributed by atoms with Crippen LogP contribution < -0.4 is 14.8 Å². The van der Waals surface area contributed by atoms with Crippen LogP contribution in [0, 0.1) is 0 Å². The van der Waals surface area contributed by atoms with Crippen LogP contribution in [0.1, 0.15) is 35.3 Å². The van der Waals surface area contributed by atoms with Crippen LogP contribution in [0.5, 0.6) is 11.5 Å². The first-order chi connectivity index (χ1) is 14.3. The summed E-state index contributed by atoms with van der Waals surface area (Å²) in [5.41, 5.74) is 2.22. The van der Waals surface area contributed by atoms with Gasteiger partial charge in [0.05, 0.1) is 30.9 Å². The number of carbonyl (C=O) groups excluding carboxylic acids is 2. The van der Waals surface area contributed by atoms with Crippen LogP contribution in [-0.2, 0) is 16.0 Å². The number of halogens is 1. The fourth-order valence-corrected chi connectivity index (χ4v) is 2.94. The molecule has 0 saturated carbocycles. The first kappa shape index (κ1) is 23.3. The second-order valence-electron chi connectivity index (χ2n) is 6.76. The fraction of sp³-hybridized carbons (Fsp3) is 0.304. The molecular formula is C23H26ClNO5. The van der Waals surface area contributed by atoms with Gasteiger partial charge in [0.2, 0.25) is 5.91 Å². The topological polar surface area (TPSA) is 73.9 Å². The fourth-order valence-electron chi connectivity index (χ4n) is 2.67. The lowest BCUT2D eigenvalue weighted by Crippen LogP contribution is -2.23. The molecule has 0 spiro atoms. The first-order valence-corrected chi connectivity index (χ1v) is 9.89. The molecule has 0 unspecified atom stereocenters. The molecule has 6 nitrogen and oxygen atoms in total. The number of esters is 1. The Morgan fingerprint density at radius 3 is 2.43 bits per heavy atom. The van der Waals surface area contributed by atoms with Gasteiger partial charge in [-0.05, 0) is 61.7 Å². The Morgan fingerprint density at radius 1 is 1.13 bits per heavy atom. The number of ether oxygens (including phenoxy) is 3. The van der Waals surface area contributed by atoms with Gasteiger partial charge >= 0.3 is 5.97 Å². The minimum Gasteiger partial charge on any atom is -0.493 e. The molecule has 1 N–H and O–H groups in total. The van der Waals surface area contributed by atoms with E-state index in [4.69, 9.17) is 21.1 Å². The van der Waals surface area contributed by atoms with Crippen molar-refractivity contribution in [1.82, 2.24) is 5.32 Å². The van der Waals surface area contributed by atoms with Crippen LogP contribution in [0.25, 0.3) is 6.08 Å². The van der Waals surface area contributed by atoms with E-state index in [9.17, 15) is 9.59 Å². The van der Waals surface area contributed by atoms with Gasteiger partial charge < -0.3 is 19.5 Å². The molecular weight excluding hydrogens is 406 g/mol. The van der Waals surface area contributed by atoms with E-state index in [2.05, 4.69) is 10.1 Å². The van der Waals surface area contributed by atoms with E-state index in [1.54, 1.807) is 30.3 Å². The number of hydrogen-bond donors (Lipinski definition) is 1. The second-order valence-corrected chi connectivity index (χ2v) is 7.17. The molecule has 30 heavy (non-hydrogen) atoms. The largest absolute Gasteiger partial charge is 0.493 e. The van der Waals surface area contributed by atoms with Crippen molar-refractivity contribution in [2.24, 2.45) is 0 Å². The van der Waals surface area contributed by atoms with E-state index < -0.39 is 0 Å². The van der Waals surface area contributed by atoms with Crippen molar-refractivity contribution < 1.29 is 23.8 Å². The third-order valence-corrected chi connectivity index (χ3v) is 4.40. The maximum Gasteiger partial charge on any atom is 0.337 e. The average molecular weight is 432 g/mol. The maximum atomic E-state index is 12.1. The first-order valence-electron chi connectivity index (χ1n) is 9.51. The van der Waals surface area contributed by atoms with E-state index in [0.717, 1.165) is 11.1 Å². The number of methoxy groups -OCH3 is 2. The number of carbonyl (C=O) groups is 2. The van der Waals surface area contributed by atoms with Crippen molar-refractivity contribution >= 4 is 29.6 Å². The molecule has 0 atom stereocenters. The third kappa shape index (κ3) is 6.81. The van der Waals surface area contributed by atoms with Crippen molar-refractivity contribution in [3.63, 3.8) is 0 Å². The van der Waals surface area contributed by atoms with Gasteiger partial charge in [0.25, 0.3) is 0 Å². The molecule has 0 aliphatic carbocycles. The minimum absolute atomic E-state index is 0.0414. The van der Waals surface area contributed by atoms with E-state index in [1.807, 2.05) is 26.0 Å². The molecule has 0 fully saturated rings. The monoisotopic (exact) mass is 431 g/mol. The van der Waals surface area contributed by atoms with Crippen LogP contribution in [0.3, 0.4) is 0 Å². The molecule has 0 radical (unpaired) electrons. The number of hydrogen-bond acceptors (Lipinski definition) is 5. The zero-order chi connectivity index (χ0) is 22.1. The van der Waals surface area contributed by atoms with Crippen LogP contribution in [-0.4, -0.2) is 38.7 Å². The van der Waals surface area contributed by atoms with Gasteiger partial charge in [-0.3, -0.25) is 4.79 Å². The minimum atomic E-state index is -0.375. The zero-order valence-electron chi connectivity index (χ0n) is 17.5. The predicted molar refractivity (Wildman–Crippen MR) is 117 cm³/mol. The number of benzene rings is 2. The van der Waals surface area contributed by atoms with E-state index in [1.165, 1.54) is 20.3 Å². The third-order valence-electron chi connectivity index (χ3n) is 4.12. The molecule has 2 aromatic rings. The van der Waals surface area contributed by atoms with Gasteiger partial charge in [-0.25, -0.2) is 4.79 Å². The smallest absolute Gasteiger partial charge is 0.337 e. The highest BCUT2D eigenvalue weighted by Gasteiger charge is 2.12. The van der Waals surface area contributed by atoms with Crippen molar-refractivity contribution in [2.75, 3.05) is 20.8 Å². The van der Waals surface area contributed by atoms with Gasteiger partial charge in [-0.2, -0.15) is 0 Å². The molecule has 0 heterocycles. The molecule has 0 aliphatic rings. The van der Waals surface area contributed by atoms with Crippen LogP contribution in [0.2, 0.25) is 5.02 Å². The summed E-state index contributed by atoms with van der Waals surface area (Å²) in [6.45, 7) is 4.27. The van der Waals surface area contributed by atoms with Gasteiger partial charge in [-0.1, -0.05) is 23.7 Å². The standard InChI is InChI=1S/C23H26ClNO5/c1-15(2)30-22-19(24)13-17(14-20(22)28-3)7-10-21(26)25-12-11-16-5-8-18(9-6-16)23(27)29-4/h5-10,13-15H,11-12H2,1-4H3,(H,25,26)/b10-7+. The second kappa shape index (κ2) is 11.3. The van der Waals surface area contributed by atoms with Crippen molar-refractivity contribution in [3.8, 4) is 11.5 Å². The lowest BCUT2D eigenvalue weighted by molar-refractivity contribution is -0.116. The molecule has 0 saturated heterocycles. The highest BCUT2D eigenvalue weighted by Crippen LogP contribution is 2.37. The lowest BCUT2D eigenvalue weighted by Gasteiger charge is -2.15. The summed E-state index contributed by atoms with van der Waals surface area (Å²) in [6.07, 6.45) is 3.70. The Balaban J connectivity index is 1.91. The molecule has 7 heteroatoms. The van der Waals surface area contributed by atoms with Crippen molar-refractivity contribution in [3.05, 3.63) is 64.2 Å². The number of rotatable bonds is 9. The zero-order valence-corrected chi connectivity index (χ0v) is 18.3. The molecule has 2 aromatic carbocycles. The maximum absolute atomic E-state index is 12.1. The summed E-state index contributed by atoms with van der Waals surface area (Å²) in [6, 6.07) is 10.6. The van der Waals surface area contributed by atoms with Crippen LogP contribution >= 0.6 is 11.6 Å². The summed E-state index contributed by atoms with van der Waals surface area (Å²) in [5.74, 6) is 0.389. The molecule has 1 amide bonds. The summed E-state index contributed by atoms with van der Waals surface area (Å²) in [5, 5.41) is 3.24. The normalized spacial score (nSPS) is 10.9. The SMILES string of the molecule is COC(=O)c1ccc(CCNC(=O)/C=C/c2cc(Cl)c(OC(C)C)c(OC)c2)cc1. The van der Waals surface area contributed by atoms with Crippen molar-refractivity contribution in [1.29, 1.82) is 0 Å². The summed E-state index contributed by atoms with van der Waals surface area (Å²) in [7, 11) is 2.88. The quantitative estimate of drug-likeness (QED) is 0.473. The number of amides is 1. The summed E-state index contributed by atoms with van der Waals surface area (Å²) in [4.78, 5) is 23.5. The number of nitrogens with one attached hydrogen (secondary N) is 1. The van der Waals surface area contributed by atoms with Gasteiger partial charge in [0.1, 0.15) is 0 Å². The molecule has 160 valence electrons. The molecule has 0 aromatic heterocycles. The Kier molecular flexibility index (Phi) is 8.74. The Hall–Kier alpha value is -2.99. The van der Waals surface area contributed by atoms with Crippen LogP contribution in [0.4, 0.5) is 0 Å². The van der Waals surface area contributed by atoms with Gasteiger partial charge in [-0.15, -0.1) is 0 Å². The highest BCUT2D eigenvalue weighted by atomic mass is 35.5. The molecule has 0 aliphatic heterocycles. The lowest BCUT2D eigenvalue weighted by atomic mass is 10.1. The Morgan fingerprint density at radius 2 is 1.83 bits per heavy atom. The van der Waals surface area contributed by atoms with Gasteiger partial charge in [0, 0.05) is 12.6 Å². The predicted octanol–water partition coefficient (Wildman–Crippen LogP) is 4.29. The van der Waals surface area contributed by atoms with E-state index in [0.29, 0.717) is 35.1 Å². The molecule has 2 rings (SSSR count). The average Bonchev–Trinajstić information content (AvgIpc) is 2.73. The highest BCUT2D eigenvalue weighted by molar-refractivity contribution is 6.32. The van der Waals surface area contributed by atoms with E-state index in [-0.39, 0.29) is 18.0 Å². The summed E-state index contributed by atoms with van der Waals surface area (Å²) >= 11 is 6.30. The molecule has 0 bridgehead atoms. The Bertz CT molecular complexity index is 907. The van der Waals surface area contributed by atoms with Crippen LogP contribution in [0.15, 0.2) is 42.5 Å². The van der Waals surface area contributed by atoms with Gasteiger partial charge in [0.15, 0.2) is 11.5 Å². The van der Waals surface area contributed by atoms with E-state index >= 15 is 0 Å². The Labute approximate surface area is 181 Å².